The molecule has 0 radical (unpaired) electrons. The molecule has 7 heteroatoms. The van der Waals surface area contributed by atoms with Gasteiger partial charge in [-0.25, -0.2) is 9.97 Å². The van der Waals surface area contributed by atoms with E-state index in [2.05, 4.69) is 15.3 Å². The van der Waals surface area contributed by atoms with Crippen LogP contribution in [0.1, 0.15) is 10.4 Å². The van der Waals surface area contributed by atoms with Crippen molar-refractivity contribution in [1.82, 2.24) is 9.97 Å². The van der Waals surface area contributed by atoms with Gasteiger partial charge in [0.25, 0.3) is 5.91 Å². The van der Waals surface area contributed by atoms with Crippen LogP contribution in [0.25, 0.3) is 0 Å². The summed E-state index contributed by atoms with van der Waals surface area (Å²) in [5, 5.41) is 5.26. The van der Waals surface area contributed by atoms with Gasteiger partial charge < -0.3 is 0 Å². The lowest BCUT2D eigenvalue weighted by Gasteiger charge is -2.02. The maximum atomic E-state index is 11.7. The van der Waals surface area contributed by atoms with Crippen LogP contribution >= 0.6 is 34.5 Å². The lowest BCUT2D eigenvalue weighted by molar-refractivity contribution is 0.102. The normalized spacial score (nSPS) is 10.1. The molecule has 2 heterocycles. The highest BCUT2D eigenvalue weighted by Gasteiger charge is 2.09. The third-order valence-electron chi connectivity index (χ3n) is 1.68. The van der Waals surface area contributed by atoms with E-state index in [9.17, 15) is 4.79 Å². The van der Waals surface area contributed by atoms with Crippen LogP contribution in [-0.4, -0.2) is 15.9 Å². The van der Waals surface area contributed by atoms with Gasteiger partial charge in [0.15, 0.2) is 5.13 Å². The van der Waals surface area contributed by atoms with Gasteiger partial charge in [0, 0.05) is 17.1 Å². The Labute approximate surface area is 105 Å². The standard InChI is InChI=1S/C9H5Cl2N3OS/c10-6-3-5(4-7(11)13-6)8(15)14-9-12-1-2-16-9/h1-4H,(H,12,14,15). The van der Waals surface area contributed by atoms with Crippen molar-refractivity contribution >= 4 is 45.6 Å². The van der Waals surface area contributed by atoms with Crippen LogP contribution < -0.4 is 5.32 Å². The summed E-state index contributed by atoms with van der Waals surface area (Å²) in [7, 11) is 0. The molecule has 2 aromatic heterocycles. The van der Waals surface area contributed by atoms with E-state index in [4.69, 9.17) is 23.2 Å². The number of anilines is 1. The van der Waals surface area contributed by atoms with Crippen LogP contribution in [0.5, 0.6) is 0 Å². The predicted octanol–water partition coefficient (Wildman–Crippen LogP) is 3.10. The number of carbonyl (C=O) groups excluding carboxylic acids is 1. The Morgan fingerprint density at radius 1 is 1.31 bits per heavy atom. The highest BCUT2D eigenvalue weighted by atomic mass is 35.5. The number of hydrogen-bond acceptors (Lipinski definition) is 4. The fourth-order valence-corrected chi connectivity index (χ4v) is 2.03. The van der Waals surface area contributed by atoms with Gasteiger partial charge in [0.05, 0.1) is 0 Å². The first kappa shape index (κ1) is 11.3. The Balaban J connectivity index is 2.21. The van der Waals surface area contributed by atoms with Crippen molar-refractivity contribution in [2.75, 3.05) is 5.32 Å². The molecule has 0 spiro atoms. The maximum absolute atomic E-state index is 11.7. The zero-order chi connectivity index (χ0) is 11.5. The Kier molecular flexibility index (Phi) is 3.38. The van der Waals surface area contributed by atoms with Crippen LogP contribution in [0, 0.1) is 0 Å². The first-order valence-electron chi connectivity index (χ1n) is 4.19. The average molecular weight is 274 g/mol. The summed E-state index contributed by atoms with van der Waals surface area (Å²) < 4.78 is 0. The molecule has 0 bridgehead atoms. The second-order valence-electron chi connectivity index (χ2n) is 2.79. The average Bonchev–Trinajstić information content (AvgIpc) is 2.68. The van der Waals surface area contributed by atoms with Crippen LogP contribution in [0.2, 0.25) is 10.3 Å². The van der Waals surface area contributed by atoms with Crippen molar-refractivity contribution in [3.05, 3.63) is 39.6 Å². The zero-order valence-electron chi connectivity index (χ0n) is 7.78. The van der Waals surface area contributed by atoms with E-state index in [1.165, 1.54) is 23.5 Å². The Hall–Kier alpha value is -1.17. The van der Waals surface area contributed by atoms with E-state index in [1.807, 2.05) is 0 Å². The minimum atomic E-state index is -0.318. The summed E-state index contributed by atoms with van der Waals surface area (Å²) >= 11 is 12.7. The molecule has 0 aliphatic carbocycles. The molecule has 0 aliphatic rings. The van der Waals surface area contributed by atoms with Crippen molar-refractivity contribution in [3.8, 4) is 0 Å². The van der Waals surface area contributed by atoms with Gasteiger partial charge >= 0.3 is 0 Å². The summed E-state index contributed by atoms with van der Waals surface area (Å²) in [6.45, 7) is 0. The fraction of sp³-hybridized carbons (Fsp3) is 0. The van der Waals surface area contributed by atoms with E-state index >= 15 is 0 Å². The van der Waals surface area contributed by atoms with Crippen LogP contribution in [-0.2, 0) is 0 Å². The molecule has 0 saturated carbocycles. The van der Waals surface area contributed by atoms with Crippen molar-refractivity contribution in [3.63, 3.8) is 0 Å². The second kappa shape index (κ2) is 4.78. The van der Waals surface area contributed by atoms with E-state index in [0.29, 0.717) is 10.7 Å². The lowest BCUT2D eigenvalue weighted by Crippen LogP contribution is -2.11. The molecule has 0 aliphatic heterocycles. The van der Waals surface area contributed by atoms with E-state index in [1.54, 1.807) is 11.6 Å². The molecule has 1 amide bonds. The Morgan fingerprint density at radius 2 is 2.00 bits per heavy atom. The second-order valence-corrected chi connectivity index (χ2v) is 4.46. The van der Waals surface area contributed by atoms with Crippen molar-refractivity contribution in [2.45, 2.75) is 0 Å². The van der Waals surface area contributed by atoms with Gasteiger partial charge in [-0.2, -0.15) is 0 Å². The molecule has 0 saturated heterocycles. The summed E-state index contributed by atoms with van der Waals surface area (Å²) in [5.41, 5.74) is 0.347. The maximum Gasteiger partial charge on any atom is 0.257 e. The molecule has 2 rings (SSSR count). The third-order valence-corrected chi connectivity index (χ3v) is 2.75. The SMILES string of the molecule is O=C(Nc1nccs1)c1cc(Cl)nc(Cl)c1. The quantitative estimate of drug-likeness (QED) is 0.856. The number of hydrogen-bond donors (Lipinski definition) is 1. The molecule has 0 unspecified atom stereocenters. The number of amides is 1. The summed E-state index contributed by atoms with van der Waals surface area (Å²) in [4.78, 5) is 19.4. The smallest absolute Gasteiger partial charge is 0.257 e. The summed E-state index contributed by atoms with van der Waals surface area (Å²) in [5.74, 6) is -0.318. The molecule has 16 heavy (non-hydrogen) atoms. The Morgan fingerprint density at radius 3 is 2.56 bits per heavy atom. The molecule has 82 valence electrons. The predicted molar refractivity (Wildman–Crippen MR) is 64.3 cm³/mol. The fourth-order valence-electron chi connectivity index (χ4n) is 1.05. The minimum Gasteiger partial charge on any atom is -0.298 e. The van der Waals surface area contributed by atoms with Gasteiger partial charge in [-0.05, 0) is 12.1 Å². The van der Waals surface area contributed by atoms with E-state index < -0.39 is 0 Å². The molecule has 0 aromatic carbocycles. The number of rotatable bonds is 2. The number of aromatic nitrogens is 2. The van der Waals surface area contributed by atoms with Gasteiger partial charge in [-0.15, -0.1) is 11.3 Å². The lowest BCUT2D eigenvalue weighted by atomic mass is 10.2. The number of nitrogens with zero attached hydrogens (tertiary/aromatic N) is 2. The van der Waals surface area contributed by atoms with Gasteiger partial charge in [0.2, 0.25) is 0 Å². The monoisotopic (exact) mass is 273 g/mol. The van der Waals surface area contributed by atoms with Gasteiger partial charge in [0.1, 0.15) is 10.3 Å². The number of thiazole rings is 1. The minimum absolute atomic E-state index is 0.178. The molecule has 0 fully saturated rings. The highest BCUT2D eigenvalue weighted by molar-refractivity contribution is 7.13. The van der Waals surface area contributed by atoms with Crippen LogP contribution in [0.3, 0.4) is 0 Å². The zero-order valence-corrected chi connectivity index (χ0v) is 10.1. The highest BCUT2D eigenvalue weighted by Crippen LogP contribution is 2.17. The molecule has 0 atom stereocenters. The van der Waals surface area contributed by atoms with E-state index in [-0.39, 0.29) is 16.2 Å². The Bertz CT molecular complexity index is 495. The van der Waals surface area contributed by atoms with E-state index in [0.717, 1.165) is 0 Å². The van der Waals surface area contributed by atoms with Gasteiger partial charge in [-0.1, -0.05) is 23.2 Å². The molecule has 2 aromatic rings. The molecule has 4 nitrogen and oxygen atoms in total. The van der Waals surface area contributed by atoms with Crippen LogP contribution in [0.4, 0.5) is 5.13 Å². The first-order valence-corrected chi connectivity index (χ1v) is 5.82. The number of carbonyl (C=O) groups is 1. The molecular formula is C9H5Cl2N3OS. The van der Waals surface area contributed by atoms with Gasteiger partial charge in [-0.3, -0.25) is 10.1 Å². The number of halogens is 2. The largest absolute Gasteiger partial charge is 0.298 e. The first-order chi connectivity index (χ1) is 7.65. The third kappa shape index (κ3) is 2.69. The topological polar surface area (TPSA) is 54.9 Å². The van der Waals surface area contributed by atoms with Crippen molar-refractivity contribution < 1.29 is 4.79 Å². The van der Waals surface area contributed by atoms with Crippen LogP contribution in [0.15, 0.2) is 23.7 Å². The number of pyridine rings is 1. The van der Waals surface area contributed by atoms with Crippen molar-refractivity contribution in [2.24, 2.45) is 0 Å². The summed E-state index contributed by atoms with van der Waals surface area (Å²) in [6.07, 6.45) is 1.60. The summed E-state index contributed by atoms with van der Waals surface area (Å²) in [6, 6.07) is 2.88. The number of nitrogens with one attached hydrogen (secondary N) is 1. The molecule has 1 N–H and O–H groups in total. The van der Waals surface area contributed by atoms with Crippen molar-refractivity contribution in [1.29, 1.82) is 0 Å². The molecular weight excluding hydrogens is 269 g/mol.